The number of nitrogens with zero attached hydrogens (tertiary/aromatic N) is 2. The van der Waals surface area contributed by atoms with Crippen LogP contribution in [0.4, 0.5) is 8.78 Å². The van der Waals surface area contributed by atoms with Crippen molar-refractivity contribution in [2.24, 2.45) is 0 Å². The minimum Gasteiger partial charge on any atom is -0.493 e. The zero-order valence-corrected chi connectivity index (χ0v) is 18.4. The Bertz CT molecular complexity index is 1120. The van der Waals surface area contributed by atoms with E-state index in [0.29, 0.717) is 0 Å². The Hall–Kier alpha value is -2.72. The lowest BCUT2D eigenvalue weighted by Crippen LogP contribution is -2.50. The van der Waals surface area contributed by atoms with E-state index in [1.165, 1.54) is 40.1 Å². The van der Waals surface area contributed by atoms with Crippen molar-refractivity contribution in [3.05, 3.63) is 53.1 Å². The maximum atomic E-state index is 13.1. The average molecular weight is 467 g/mol. The number of alkyl halides is 2. The molecule has 10 heteroatoms. The van der Waals surface area contributed by atoms with Crippen LogP contribution in [0, 0.1) is 0 Å². The molecule has 32 heavy (non-hydrogen) atoms. The molecule has 1 aliphatic heterocycles. The van der Waals surface area contributed by atoms with Crippen LogP contribution in [-0.2, 0) is 22.9 Å². The van der Waals surface area contributed by atoms with Crippen molar-refractivity contribution in [1.82, 2.24) is 9.21 Å². The molecule has 0 radical (unpaired) electrons. The van der Waals surface area contributed by atoms with E-state index < -0.39 is 16.6 Å². The zero-order valence-electron chi connectivity index (χ0n) is 17.6. The summed E-state index contributed by atoms with van der Waals surface area (Å²) in [5.41, 5.74) is 2.45. The highest BCUT2D eigenvalue weighted by atomic mass is 32.2. The number of methoxy groups -OCH3 is 1. The minimum absolute atomic E-state index is 0.0899. The van der Waals surface area contributed by atoms with Gasteiger partial charge in [-0.15, -0.1) is 0 Å². The van der Waals surface area contributed by atoms with Crippen molar-refractivity contribution in [3.63, 3.8) is 0 Å². The molecule has 0 saturated carbocycles. The second-order valence-electron chi connectivity index (χ2n) is 7.72. The van der Waals surface area contributed by atoms with E-state index >= 15 is 0 Å². The highest BCUT2D eigenvalue weighted by Gasteiger charge is 2.31. The highest BCUT2D eigenvalue weighted by Crippen LogP contribution is 2.30. The number of rotatable bonds is 6. The number of sulfonamides is 1. The number of aryl methyl sites for hydroxylation is 2. The summed E-state index contributed by atoms with van der Waals surface area (Å²) in [6.45, 7) is -2.36. The molecule has 0 bridgehead atoms. The van der Waals surface area contributed by atoms with Crippen molar-refractivity contribution in [3.8, 4) is 11.5 Å². The van der Waals surface area contributed by atoms with Crippen molar-refractivity contribution >= 4 is 15.9 Å². The minimum atomic E-state index is -3.65. The Morgan fingerprint density at radius 2 is 1.69 bits per heavy atom. The maximum absolute atomic E-state index is 13.1. The quantitative estimate of drug-likeness (QED) is 0.655. The van der Waals surface area contributed by atoms with Crippen molar-refractivity contribution in [2.45, 2.75) is 30.8 Å². The third kappa shape index (κ3) is 4.42. The fraction of sp³-hybridized carbons (Fsp3) is 0.409. The van der Waals surface area contributed by atoms with E-state index in [4.69, 9.17) is 4.74 Å². The lowest BCUT2D eigenvalue weighted by atomic mass is 10.1. The number of benzene rings is 2. The molecule has 1 amide bonds. The summed E-state index contributed by atoms with van der Waals surface area (Å²) in [7, 11) is -2.34. The molecule has 2 aromatic carbocycles. The molecule has 0 spiro atoms. The number of carbonyl (C=O) groups is 1. The molecule has 0 N–H and O–H groups in total. The van der Waals surface area contributed by atoms with Gasteiger partial charge in [0, 0.05) is 31.7 Å². The number of hydrogen-bond donors (Lipinski definition) is 0. The van der Waals surface area contributed by atoms with E-state index in [2.05, 4.69) is 4.74 Å². The van der Waals surface area contributed by atoms with Crippen LogP contribution < -0.4 is 9.47 Å². The predicted octanol–water partition coefficient (Wildman–Crippen LogP) is 2.93. The van der Waals surface area contributed by atoms with Crippen LogP contribution in [0.5, 0.6) is 11.5 Å². The summed E-state index contributed by atoms with van der Waals surface area (Å²) in [5, 5.41) is 0. The maximum Gasteiger partial charge on any atom is 0.387 e. The van der Waals surface area contributed by atoms with Crippen LogP contribution in [0.15, 0.2) is 41.3 Å². The Kier molecular flexibility index (Phi) is 6.34. The molecule has 1 fully saturated rings. The van der Waals surface area contributed by atoms with Gasteiger partial charge in [0.15, 0.2) is 11.5 Å². The summed E-state index contributed by atoms with van der Waals surface area (Å²) in [5.74, 6) is -0.528. The largest absolute Gasteiger partial charge is 0.493 e. The van der Waals surface area contributed by atoms with E-state index in [0.717, 1.165) is 24.8 Å². The normalized spacial score (nSPS) is 16.8. The molecule has 0 atom stereocenters. The van der Waals surface area contributed by atoms with Gasteiger partial charge in [0.1, 0.15) is 0 Å². The molecule has 1 aliphatic carbocycles. The zero-order chi connectivity index (χ0) is 22.9. The van der Waals surface area contributed by atoms with Crippen molar-refractivity contribution < 1.29 is 31.5 Å². The van der Waals surface area contributed by atoms with Crippen LogP contribution >= 0.6 is 0 Å². The lowest BCUT2D eigenvalue weighted by molar-refractivity contribution is -0.0512. The van der Waals surface area contributed by atoms with Crippen LogP contribution in [-0.4, -0.2) is 63.4 Å². The predicted molar refractivity (Wildman–Crippen MR) is 113 cm³/mol. The molecule has 2 aromatic rings. The highest BCUT2D eigenvalue weighted by molar-refractivity contribution is 7.89. The first-order chi connectivity index (χ1) is 15.3. The Labute approximate surface area is 185 Å². The van der Waals surface area contributed by atoms with E-state index in [9.17, 15) is 22.0 Å². The lowest BCUT2D eigenvalue weighted by Gasteiger charge is -2.34. The number of piperazine rings is 1. The summed E-state index contributed by atoms with van der Waals surface area (Å²) in [6, 6.07) is 9.36. The fourth-order valence-electron chi connectivity index (χ4n) is 4.17. The first kappa shape index (κ1) is 22.5. The van der Waals surface area contributed by atoms with Gasteiger partial charge in [-0.2, -0.15) is 13.1 Å². The molecule has 1 saturated heterocycles. The number of ether oxygens (including phenoxy) is 2. The number of amides is 1. The summed E-state index contributed by atoms with van der Waals surface area (Å²) in [4.78, 5) is 14.6. The van der Waals surface area contributed by atoms with Crippen LogP contribution in [0.1, 0.15) is 27.9 Å². The monoisotopic (exact) mass is 466 g/mol. The number of hydrogen-bond acceptors (Lipinski definition) is 5. The Morgan fingerprint density at radius 1 is 0.969 bits per heavy atom. The van der Waals surface area contributed by atoms with Gasteiger partial charge in [0.05, 0.1) is 12.0 Å². The standard InChI is InChI=1S/C22H24F2N2O5S/c1-30-19-8-6-17(14-20(19)31-22(23)24)21(27)25-9-11-26(12-10-25)32(28,29)18-7-5-15-3-2-4-16(15)13-18/h5-8,13-14,22H,2-4,9-12H2,1H3. The van der Waals surface area contributed by atoms with E-state index in [-0.39, 0.29) is 54.0 Å². The first-order valence-corrected chi connectivity index (χ1v) is 11.8. The van der Waals surface area contributed by atoms with Crippen molar-refractivity contribution in [2.75, 3.05) is 33.3 Å². The molecule has 172 valence electrons. The summed E-state index contributed by atoms with van der Waals surface area (Å²) >= 11 is 0. The van der Waals surface area contributed by atoms with Gasteiger partial charge < -0.3 is 14.4 Å². The van der Waals surface area contributed by atoms with Gasteiger partial charge in [-0.25, -0.2) is 8.42 Å². The molecular weight excluding hydrogens is 442 g/mol. The molecule has 1 heterocycles. The van der Waals surface area contributed by atoms with Crippen LogP contribution in [0.3, 0.4) is 0 Å². The number of fused-ring (bicyclic) bond motifs is 1. The third-order valence-electron chi connectivity index (χ3n) is 5.86. The second kappa shape index (κ2) is 9.03. The van der Waals surface area contributed by atoms with E-state index in [1.54, 1.807) is 12.1 Å². The molecular formula is C22H24F2N2O5S. The van der Waals surface area contributed by atoms with Gasteiger partial charge in [-0.1, -0.05) is 6.07 Å². The summed E-state index contributed by atoms with van der Waals surface area (Å²) < 4.78 is 62.3. The van der Waals surface area contributed by atoms with E-state index in [1.807, 2.05) is 6.07 Å². The van der Waals surface area contributed by atoms with Gasteiger partial charge in [-0.3, -0.25) is 4.79 Å². The molecule has 2 aliphatic rings. The molecule has 7 nitrogen and oxygen atoms in total. The SMILES string of the molecule is COc1ccc(C(=O)N2CCN(S(=O)(=O)c3ccc4c(c3)CCC4)CC2)cc1OC(F)F. The number of carbonyl (C=O) groups excluding carboxylic acids is 1. The van der Waals surface area contributed by atoms with Gasteiger partial charge in [0.2, 0.25) is 10.0 Å². The topological polar surface area (TPSA) is 76.2 Å². The first-order valence-electron chi connectivity index (χ1n) is 10.3. The fourth-order valence-corrected chi connectivity index (χ4v) is 5.64. The average Bonchev–Trinajstić information content (AvgIpc) is 3.26. The number of halogens is 2. The molecule has 0 aromatic heterocycles. The van der Waals surface area contributed by atoms with Gasteiger partial charge >= 0.3 is 6.61 Å². The van der Waals surface area contributed by atoms with Gasteiger partial charge in [-0.05, 0) is 60.7 Å². The van der Waals surface area contributed by atoms with Crippen LogP contribution in [0.2, 0.25) is 0 Å². The van der Waals surface area contributed by atoms with Gasteiger partial charge in [0.25, 0.3) is 5.91 Å². The smallest absolute Gasteiger partial charge is 0.387 e. The Morgan fingerprint density at radius 3 is 2.38 bits per heavy atom. The van der Waals surface area contributed by atoms with Crippen molar-refractivity contribution in [1.29, 1.82) is 0 Å². The third-order valence-corrected chi connectivity index (χ3v) is 7.75. The molecule has 4 rings (SSSR count). The Balaban J connectivity index is 1.45. The summed E-state index contributed by atoms with van der Waals surface area (Å²) in [6.07, 6.45) is 2.90. The molecule has 0 unspecified atom stereocenters. The second-order valence-corrected chi connectivity index (χ2v) is 9.66. The van der Waals surface area contributed by atoms with Crippen LogP contribution in [0.25, 0.3) is 0 Å².